The van der Waals surface area contributed by atoms with Crippen LogP contribution in [0, 0.1) is 24.0 Å². The lowest BCUT2D eigenvalue weighted by atomic mass is 9.95. The molecule has 1 N–H and O–H groups in total. The molecule has 4 atom stereocenters. The molecule has 272 valence electrons. The Labute approximate surface area is 297 Å². The monoisotopic (exact) mass is 719 g/mol. The number of hydrogen-bond donors (Lipinski definition) is 1. The fourth-order valence-corrected chi connectivity index (χ4v) is 7.37. The maximum atomic E-state index is 17.0. The maximum absolute atomic E-state index is 17.0. The van der Waals surface area contributed by atoms with Crippen molar-refractivity contribution in [1.29, 1.82) is 0 Å². The first-order valence-corrected chi connectivity index (χ1v) is 17.0. The number of pyridine rings is 1. The van der Waals surface area contributed by atoms with Gasteiger partial charge in [-0.05, 0) is 43.0 Å². The van der Waals surface area contributed by atoms with Crippen LogP contribution in [0.2, 0.25) is 0 Å². The minimum atomic E-state index is -1.10. The highest BCUT2D eigenvalue weighted by Gasteiger charge is 2.49. The Bertz CT molecular complexity index is 2130. The number of likely N-dealkylation sites (N-methyl/N-ethyl adjacent to an activating group) is 1. The molecule has 2 aliphatic heterocycles. The third kappa shape index (κ3) is 6.51. The number of alkyl halides is 2. The fourth-order valence-electron chi connectivity index (χ4n) is 7.37. The predicted octanol–water partition coefficient (Wildman–Crippen LogP) is 5.17. The van der Waals surface area contributed by atoms with Crippen LogP contribution >= 0.6 is 0 Å². The summed E-state index contributed by atoms with van der Waals surface area (Å²) in [5, 5.41) is 3.27. The summed E-state index contributed by atoms with van der Waals surface area (Å²) in [6.45, 7) is 2.83. The van der Waals surface area contributed by atoms with Gasteiger partial charge in [-0.2, -0.15) is 9.97 Å². The Morgan fingerprint density at radius 2 is 1.98 bits per heavy atom. The summed E-state index contributed by atoms with van der Waals surface area (Å²) in [6.07, 6.45) is 6.42. The van der Waals surface area contributed by atoms with Crippen molar-refractivity contribution < 1.29 is 36.6 Å². The number of terminal acetylenes is 1. The number of anilines is 1. The van der Waals surface area contributed by atoms with E-state index in [1.807, 2.05) is 0 Å². The molecule has 2 aromatic carbocycles. The van der Waals surface area contributed by atoms with Gasteiger partial charge in [-0.1, -0.05) is 12.0 Å². The first-order valence-electron chi connectivity index (χ1n) is 17.0. The van der Waals surface area contributed by atoms with E-state index in [4.69, 9.17) is 15.9 Å². The van der Waals surface area contributed by atoms with Crippen LogP contribution in [-0.2, 0) is 4.79 Å². The van der Waals surface area contributed by atoms with Crippen molar-refractivity contribution in [2.45, 2.75) is 56.5 Å². The van der Waals surface area contributed by atoms with Crippen LogP contribution < -0.4 is 19.7 Å². The SMILES string of the molecule is C#Cc1c(F)ccc2cc(OC(=O)N(C)CCNC(C)=O)cc(-c3ncc4c(N(C)[C@H]5C[C@@H]5F)nc(OC[C@@]56CCCN5C[C@H](F)C6)nc4c3F)c12. The smallest absolute Gasteiger partial charge is 0.415 e. The predicted molar refractivity (Wildman–Crippen MR) is 186 cm³/mol. The van der Waals surface area contributed by atoms with Gasteiger partial charge in [0, 0.05) is 70.6 Å². The molecule has 2 amide bonds. The van der Waals surface area contributed by atoms with Crippen molar-refractivity contribution in [2.24, 2.45) is 0 Å². The number of nitrogens with one attached hydrogen (secondary N) is 1. The number of hydrogen-bond acceptors (Lipinski definition) is 9. The molecule has 2 saturated heterocycles. The number of benzene rings is 2. The molecule has 1 aliphatic carbocycles. The number of rotatable bonds is 10. The van der Waals surface area contributed by atoms with Crippen LogP contribution in [0.4, 0.5) is 28.2 Å². The molecule has 0 bridgehead atoms. The number of aromatic nitrogens is 3. The van der Waals surface area contributed by atoms with Gasteiger partial charge in [-0.15, -0.1) is 6.42 Å². The molecule has 0 spiro atoms. The quantitative estimate of drug-likeness (QED) is 0.175. The van der Waals surface area contributed by atoms with Crippen molar-refractivity contribution >= 4 is 39.5 Å². The average molecular weight is 720 g/mol. The van der Waals surface area contributed by atoms with Crippen molar-refractivity contribution in [2.75, 3.05) is 51.8 Å². The minimum Gasteiger partial charge on any atom is -0.461 e. The number of nitrogens with zero attached hydrogens (tertiary/aromatic N) is 6. The Morgan fingerprint density at radius 1 is 1.19 bits per heavy atom. The van der Waals surface area contributed by atoms with Crippen LogP contribution in [-0.4, -0.2) is 108 Å². The van der Waals surface area contributed by atoms with E-state index >= 15 is 8.78 Å². The van der Waals surface area contributed by atoms with Gasteiger partial charge >= 0.3 is 12.1 Å². The summed E-state index contributed by atoms with van der Waals surface area (Å²) >= 11 is 0. The molecule has 7 rings (SSSR count). The van der Waals surface area contributed by atoms with Crippen molar-refractivity contribution in [3.63, 3.8) is 0 Å². The van der Waals surface area contributed by atoms with Gasteiger partial charge in [0.25, 0.3) is 0 Å². The van der Waals surface area contributed by atoms with Crippen molar-refractivity contribution in [3.05, 3.63) is 47.7 Å². The number of ether oxygens (including phenoxy) is 2. The first kappa shape index (κ1) is 35.2. The molecular formula is C37H37F4N7O4. The highest BCUT2D eigenvalue weighted by molar-refractivity contribution is 6.03. The second-order valence-corrected chi connectivity index (χ2v) is 13.7. The molecule has 4 heterocycles. The Balaban J connectivity index is 1.32. The van der Waals surface area contributed by atoms with E-state index in [1.54, 1.807) is 11.9 Å². The molecule has 52 heavy (non-hydrogen) atoms. The molecule has 4 aromatic rings. The molecule has 3 fully saturated rings. The van der Waals surface area contributed by atoms with E-state index in [-0.39, 0.29) is 82.7 Å². The number of carbonyl (C=O) groups excluding carboxylic acids is 2. The van der Waals surface area contributed by atoms with Gasteiger partial charge in [0.05, 0.1) is 22.5 Å². The lowest BCUT2D eigenvalue weighted by Crippen LogP contribution is -2.43. The molecule has 2 aromatic heterocycles. The number of halogens is 4. The Hall–Kier alpha value is -5.23. The van der Waals surface area contributed by atoms with Crippen molar-refractivity contribution in [3.8, 4) is 35.4 Å². The standard InChI is InChI=1S/C37H37F4N7O4/c1-5-24-27(39)8-7-21-13-23(52-36(50)46(3)12-10-42-20(2)49)14-25(30(21)24)32-31(41)33-26(17-43-32)34(47(4)29-15-28(29)40)45-35(44-33)51-19-37-9-6-11-48(37)18-22(38)16-37/h1,7-8,13-14,17,22,28-29H,6,9-12,15-16,18-19H2,2-4H3,(H,42,49)/t22-,28+,29+,37+/m1/s1. The lowest BCUT2D eigenvalue weighted by Gasteiger charge is -2.31. The normalized spacial score (nSPS) is 22.2. The summed E-state index contributed by atoms with van der Waals surface area (Å²) in [4.78, 5) is 42.6. The largest absolute Gasteiger partial charge is 0.461 e. The van der Waals surface area contributed by atoms with E-state index in [0.717, 1.165) is 25.5 Å². The zero-order chi connectivity index (χ0) is 36.9. The first-order chi connectivity index (χ1) is 24.9. The van der Waals surface area contributed by atoms with E-state index in [1.165, 1.54) is 43.3 Å². The van der Waals surface area contributed by atoms with E-state index in [0.29, 0.717) is 18.4 Å². The van der Waals surface area contributed by atoms with Crippen molar-refractivity contribution in [1.82, 2.24) is 30.1 Å². The fraction of sp³-hybridized carbons (Fsp3) is 0.432. The van der Waals surface area contributed by atoms with Crippen LogP contribution in [0.1, 0.15) is 38.2 Å². The summed E-state index contributed by atoms with van der Waals surface area (Å²) in [5.74, 6) is 0.622. The second kappa shape index (κ2) is 13.7. The molecular weight excluding hydrogens is 682 g/mol. The van der Waals surface area contributed by atoms with Crippen LogP contribution in [0.3, 0.4) is 0 Å². The zero-order valence-electron chi connectivity index (χ0n) is 28.9. The lowest BCUT2D eigenvalue weighted by molar-refractivity contribution is -0.119. The van der Waals surface area contributed by atoms with E-state index in [2.05, 4.69) is 31.1 Å². The number of carbonyl (C=O) groups is 2. The molecule has 11 nitrogen and oxygen atoms in total. The van der Waals surface area contributed by atoms with Gasteiger partial charge in [-0.25, -0.2) is 22.4 Å². The van der Waals surface area contributed by atoms with E-state index in [9.17, 15) is 18.4 Å². The number of fused-ring (bicyclic) bond motifs is 3. The number of amides is 2. The van der Waals surface area contributed by atoms with Crippen LogP contribution in [0.15, 0.2) is 30.5 Å². The summed E-state index contributed by atoms with van der Waals surface area (Å²) < 4.78 is 72.7. The topological polar surface area (TPSA) is 113 Å². The van der Waals surface area contributed by atoms with Crippen LogP contribution in [0.5, 0.6) is 11.8 Å². The van der Waals surface area contributed by atoms with Gasteiger partial charge in [-0.3, -0.25) is 14.7 Å². The average Bonchev–Trinajstić information content (AvgIpc) is 3.59. The third-order valence-corrected chi connectivity index (χ3v) is 10.2. The summed E-state index contributed by atoms with van der Waals surface area (Å²) in [7, 11) is 3.12. The Morgan fingerprint density at radius 3 is 2.71 bits per heavy atom. The van der Waals surface area contributed by atoms with E-state index < -0.39 is 41.7 Å². The Kier molecular flexibility index (Phi) is 9.28. The van der Waals surface area contributed by atoms with Gasteiger partial charge in [0.15, 0.2) is 5.82 Å². The second-order valence-electron chi connectivity index (χ2n) is 13.7. The maximum Gasteiger partial charge on any atom is 0.415 e. The summed E-state index contributed by atoms with van der Waals surface area (Å²) in [5.41, 5.74) is -1.14. The highest BCUT2D eigenvalue weighted by Crippen LogP contribution is 2.43. The molecule has 3 aliphatic rings. The molecule has 15 heteroatoms. The van der Waals surface area contributed by atoms with Gasteiger partial charge in [0.1, 0.15) is 47.5 Å². The van der Waals surface area contributed by atoms with Crippen LogP contribution in [0.25, 0.3) is 32.9 Å². The van der Waals surface area contributed by atoms with Gasteiger partial charge in [0.2, 0.25) is 5.91 Å². The molecule has 1 saturated carbocycles. The van der Waals surface area contributed by atoms with Gasteiger partial charge < -0.3 is 24.6 Å². The highest BCUT2D eigenvalue weighted by atomic mass is 19.1. The summed E-state index contributed by atoms with van der Waals surface area (Å²) in [6, 6.07) is 4.73. The third-order valence-electron chi connectivity index (χ3n) is 10.2. The molecule has 0 radical (unpaired) electrons. The molecule has 0 unspecified atom stereocenters. The minimum absolute atomic E-state index is 0.00675. The zero-order valence-corrected chi connectivity index (χ0v) is 28.9.